The fourth-order valence-electron chi connectivity index (χ4n) is 2.01. The molecule has 1 aromatic heterocycles. The molecule has 1 nitrogen and oxygen atoms in total. The van der Waals surface area contributed by atoms with E-state index in [9.17, 15) is 0 Å². The molecule has 1 atom stereocenters. The van der Waals surface area contributed by atoms with Crippen molar-refractivity contribution in [3.05, 3.63) is 58.5 Å². The number of hydrogen-bond acceptors (Lipinski definition) is 1. The maximum Gasteiger partial charge on any atom is 0.124 e. The van der Waals surface area contributed by atoms with Gasteiger partial charge < -0.3 is 4.42 Å². The highest BCUT2D eigenvalue weighted by Gasteiger charge is 2.15. The van der Waals surface area contributed by atoms with Crippen LogP contribution in [0.25, 0.3) is 0 Å². The minimum atomic E-state index is -0.0921. The van der Waals surface area contributed by atoms with Crippen molar-refractivity contribution in [1.82, 2.24) is 0 Å². The van der Waals surface area contributed by atoms with Gasteiger partial charge in [0.05, 0.1) is 11.6 Å². The minimum absolute atomic E-state index is 0.0921. The molecule has 90 valence electrons. The summed E-state index contributed by atoms with van der Waals surface area (Å²) >= 11 is 6.42. The maximum atomic E-state index is 6.42. The van der Waals surface area contributed by atoms with Crippen LogP contribution < -0.4 is 0 Å². The summed E-state index contributed by atoms with van der Waals surface area (Å²) in [6, 6.07) is 8.42. The summed E-state index contributed by atoms with van der Waals surface area (Å²) < 4.78 is 5.44. The van der Waals surface area contributed by atoms with Crippen molar-refractivity contribution in [2.75, 3.05) is 0 Å². The van der Waals surface area contributed by atoms with Crippen molar-refractivity contribution >= 4 is 11.6 Å². The summed E-state index contributed by atoms with van der Waals surface area (Å²) in [5.41, 5.74) is 4.96. The monoisotopic (exact) mass is 248 g/mol. The average molecular weight is 249 g/mol. The molecule has 0 bridgehead atoms. The predicted molar refractivity (Wildman–Crippen MR) is 71.7 cm³/mol. The van der Waals surface area contributed by atoms with Crippen LogP contribution in [0.5, 0.6) is 0 Å². The van der Waals surface area contributed by atoms with Crippen LogP contribution in [0.2, 0.25) is 0 Å². The molecule has 0 radical (unpaired) electrons. The second-order valence-electron chi connectivity index (χ2n) is 4.57. The van der Waals surface area contributed by atoms with Crippen LogP contribution in [0, 0.1) is 20.8 Å². The van der Waals surface area contributed by atoms with Gasteiger partial charge in [-0.25, -0.2) is 0 Å². The molecule has 2 heteroatoms. The molecule has 0 N–H and O–H groups in total. The maximum absolute atomic E-state index is 6.42. The summed E-state index contributed by atoms with van der Waals surface area (Å²) in [5, 5.41) is -0.0921. The van der Waals surface area contributed by atoms with E-state index in [1.165, 1.54) is 16.7 Å². The van der Waals surface area contributed by atoms with Gasteiger partial charge in [-0.2, -0.15) is 0 Å². The zero-order valence-electron chi connectivity index (χ0n) is 10.5. The van der Waals surface area contributed by atoms with Gasteiger partial charge in [-0.05, 0) is 49.9 Å². The molecule has 0 aliphatic rings. The number of halogens is 1. The number of furan rings is 1. The fourth-order valence-corrected chi connectivity index (χ4v) is 2.40. The van der Waals surface area contributed by atoms with Crippen molar-refractivity contribution in [3.63, 3.8) is 0 Å². The van der Waals surface area contributed by atoms with Crippen LogP contribution in [0.1, 0.15) is 33.4 Å². The van der Waals surface area contributed by atoms with E-state index < -0.39 is 0 Å². The van der Waals surface area contributed by atoms with Crippen LogP contribution >= 0.6 is 11.6 Å². The third-order valence-electron chi connectivity index (χ3n) is 3.09. The third-order valence-corrected chi connectivity index (χ3v) is 3.44. The molecule has 2 aromatic rings. The second kappa shape index (κ2) is 4.97. The van der Waals surface area contributed by atoms with E-state index in [0.717, 1.165) is 17.7 Å². The Morgan fingerprint density at radius 3 is 2.53 bits per heavy atom. The molecule has 1 heterocycles. The summed E-state index contributed by atoms with van der Waals surface area (Å²) in [7, 11) is 0. The first-order valence-corrected chi connectivity index (χ1v) is 6.25. The van der Waals surface area contributed by atoms with E-state index >= 15 is 0 Å². The van der Waals surface area contributed by atoms with E-state index in [-0.39, 0.29) is 5.38 Å². The average Bonchev–Trinajstić information content (AvgIpc) is 2.70. The first-order valence-electron chi connectivity index (χ1n) is 5.82. The van der Waals surface area contributed by atoms with Crippen molar-refractivity contribution in [1.29, 1.82) is 0 Å². The SMILES string of the molecule is Cc1ccc(C)c(CC(Cl)c2occc2C)c1. The largest absolute Gasteiger partial charge is 0.467 e. The van der Waals surface area contributed by atoms with Crippen LogP contribution in [0.15, 0.2) is 34.9 Å². The van der Waals surface area contributed by atoms with Crippen LogP contribution in [0.4, 0.5) is 0 Å². The molecular formula is C15H17ClO. The van der Waals surface area contributed by atoms with E-state index in [2.05, 4.69) is 32.0 Å². The Morgan fingerprint density at radius 2 is 1.88 bits per heavy atom. The lowest BCUT2D eigenvalue weighted by Crippen LogP contribution is -1.98. The van der Waals surface area contributed by atoms with Crippen molar-refractivity contribution in [2.45, 2.75) is 32.6 Å². The van der Waals surface area contributed by atoms with Crippen LogP contribution in [-0.4, -0.2) is 0 Å². The Morgan fingerprint density at radius 1 is 1.12 bits per heavy atom. The summed E-state index contributed by atoms with van der Waals surface area (Å²) in [4.78, 5) is 0. The molecular weight excluding hydrogens is 232 g/mol. The Bertz CT molecular complexity index is 513. The second-order valence-corrected chi connectivity index (χ2v) is 5.10. The standard InChI is InChI=1S/C15H17ClO/c1-10-4-5-11(2)13(8-10)9-14(16)15-12(3)6-7-17-15/h4-8,14H,9H2,1-3H3. The molecule has 0 fully saturated rings. The van der Waals surface area contributed by atoms with Crippen LogP contribution in [0.3, 0.4) is 0 Å². The molecule has 1 unspecified atom stereocenters. The molecule has 17 heavy (non-hydrogen) atoms. The summed E-state index contributed by atoms with van der Waals surface area (Å²) in [6.45, 7) is 6.25. The van der Waals surface area contributed by atoms with Crippen LogP contribution in [-0.2, 0) is 6.42 Å². The first-order chi connectivity index (χ1) is 8.08. The van der Waals surface area contributed by atoms with Gasteiger partial charge in [-0.15, -0.1) is 11.6 Å². The van der Waals surface area contributed by atoms with Crippen molar-refractivity contribution < 1.29 is 4.42 Å². The Kier molecular flexibility index (Phi) is 3.58. The molecule has 0 spiro atoms. The Labute approximate surface area is 107 Å². The highest BCUT2D eigenvalue weighted by molar-refractivity contribution is 6.20. The van der Waals surface area contributed by atoms with Gasteiger partial charge in [-0.1, -0.05) is 23.8 Å². The van der Waals surface area contributed by atoms with E-state index in [4.69, 9.17) is 16.0 Å². The Hall–Kier alpha value is -1.21. The molecule has 0 aliphatic heterocycles. The van der Waals surface area contributed by atoms with Gasteiger partial charge in [0.1, 0.15) is 5.76 Å². The lowest BCUT2D eigenvalue weighted by atomic mass is 10.00. The fraction of sp³-hybridized carbons (Fsp3) is 0.333. The lowest BCUT2D eigenvalue weighted by Gasteiger charge is -2.11. The summed E-state index contributed by atoms with van der Waals surface area (Å²) in [6.07, 6.45) is 2.51. The van der Waals surface area contributed by atoms with E-state index in [0.29, 0.717) is 0 Å². The lowest BCUT2D eigenvalue weighted by molar-refractivity contribution is 0.499. The molecule has 1 aromatic carbocycles. The van der Waals surface area contributed by atoms with Gasteiger partial charge in [0, 0.05) is 0 Å². The van der Waals surface area contributed by atoms with Crippen molar-refractivity contribution in [2.24, 2.45) is 0 Å². The van der Waals surface area contributed by atoms with Gasteiger partial charge in [0.15, 0.2) is 0 Å². The molecule has 0 amide bonds. The normalized spacial score (nSPS) is 12.7. The minimum Gasteiger partial charge on any atom is -0.467 e. The quantitative estimate of drug-likeness (QED) is 0.716. The van der Waals surface area contributed by atoms with E-state index in [1.807, 2.05) is 13.0 Å². The van der Waals surface area contributed by atoms with Gasteiger partial charge >= 0.3 is 0 Å². The zero-order valence-corrected chi connectivity index (χ0v) is 11.2. The first kappa shape index (κ1) is 12.3. The Balaban J connectivity index is 2.21. The highest BCUT2D eigenvalue weighted by Crippen LogP contribution is 2.29. The summed E-state index contributed by atoms with van der Waals surface area (Å²) in [5.74, 6) is 0.882. The number of alkyl halides is 1. The number of benzene rings is 1. The zero-order chi connectivity index (χ0) is 12.4. The van der Waals surface area contributed by atoms with Gasteiger partial charge in [0.2, 0.25) is 0 Å². The number of hydrogen-bond donors (Lipinski definition) is 0. The molecule has 0 aliphatic carbocycles. The highest BCUT2D eigenvalue weighted by atomic mass is 35.5. The smallest absolute Gasteiger partial charge is 0.124 e. The van der Waals surface area contributed by atoms with Crippen molar-refractivity contribution in [3.8, 4) is 0 Å². The number of aryl methyl sites for hydroxylation is 3. The van der Waals surface area contributed by atoms with E-state index in [1.54, 1.807) is 6.26 Å². The molecule has 2 rings (SSSR count). The number of rotatable bonds is 3. The molecule has 0 saturated heterocycles. The van der Waals surface area contributed by atoms with Gasteiger partial charge in [-0.3, -0.25) is 0 Å². The third kappa shape index (κ3) is 2.73. The van der Waals surface area contributed by atoms with Gasteiger partial charge in [0.25, 0.3) is 0 Å². The predicted octanol–water partition coefficient (Wildman–Crippen LogP) is 4.73. The molecule has 0 saturated carbocycles. The topological polar surface area (TPSA) is 13.1 Å².